The molecule has 1 fully saturated rings. The van der Waals surface area contributed by atoms with Gasteiger partial charge < -0.3 is 4.74 Å². The topological polar surface area (TPSA) is 62.2 Å². The van der Waals surface area contributed by atoms with E-state index in [-0.39, 0.29) is 30.4 Å². The van der Waals surface area contributed by atoms with Crippen LogP contribution in [-0.4, -0.2) is 54.2 Å². The summed E-state index contributed by atoms with van der Waals surface area (Å²) in [6.45, 7) is 3.91. The summed E-state index contributed by atoms with van der Waals surface area (Å²) in [5.74, 6) is -0.304. The number of rotatable bonds is 5. The molecule has 0 aliphatic carbocycles. The normalized spacial score (nSPS) is 23.6. The van der Waals surface area contributed by atoms with Crippen molar-refractivity contribution in [3.05, 3.63) is 35.9 Å². The van der Waals surface area contributed by atoms with Crippen LogP contribution < -0.4 is 0 Å². The number of carbonyl (C=O) groups is 2. The van der Waals surface area contributed by atoms with Crippen molar-refractivity contribution in [1.29, 1.82) is 0 Å². The van der Waals surface area contributed by atoms with E-state index in [0.717, 1.165) is 31.4 Å². The van der Waals surface area contributed by atoms with Crippen molar-refractivity contribution in [3.63, 3.8) is 0 Å². The van der Waals surface area contributed by atoms with E-state index in [1.807, 2.05) is 42.2 Å². The molecule has 2 aliphatic rings. The molecule has 2 unspecified atom stereocenters. The number of esters is 1. The molecule has 0 radical (unpaired) electrons. The summed E-state index contributed by atoms with van der Waals surface area (Å²) < 4.78 is 5.12. The second-order valence-corrected chi connectivity index (χ2v) is 6.52. The largest absolute Gasteiger partial charge is 0.466 e. The number of carbonyl (C=O) groups excluding carboxylic acids is 2. The summed E-state index contributed by atoms with van der Waals surface area (Å²) in [5.41, 5.74) is 1.09. The van der Waals surface area contributed by atoms with Crippen molar-refractivity contribution in [3.8, 4) is 0 Å². The number of piperidine rings is 1. The second-order valence-electron chi connectivity index (χ2n) is 6.52. The van der Waals surface area contributed by atoms with Gasteiger partial charge in [-0.15, -0.1) is 0 Å². The van der Waals surface area contributed by atoms with Crippen LogP contribution in [0.25, 0.3) is 0 Å². The van der Waals surface area contributed by atoms with Gasteiger partial charge in [0.1, 0.15) is 0 Å². The first-order valence-electron chi connectivity index (χ1n) is 8.97. The van der Waals surface area contributed by atoms with Gasteiger partial charge in [0.15, 0.2) is 0 Å². The van der Waals surface area contributed by atoms with E-state index in [2.05, 4.69) is 5.10 Å². The molecule has 25 heavy (non-hydrogen) atoms. The van der Waals surface area contributed by atoms with Crippen LogP contribution in [0, 0.1) is 5.92 Å². The molecule has 3 rings (SSSR count). The van der Waals surface area contributed by atoms with Crippen LogP contribution >= 0.6 is 0 Å². The van der Waals surface area contributed by atoms with Crippen molar-refractivity contribution in [1.82, 2.24) is 9.91 Å². The monoisotopic (exact) mass is 343 g/mol. The third-order valence-electron chi connectivity index (χ3n) is 4.75. The van der Waals surface area contributed by atoms with Gasteiger partial charge in [-0.05, 0) is 31.9 Å². The second kappa shape index (κ2) is 8.25. The van der Waals surface area contributed by atoms with Gasteiger partial charge in [-0.3, -0.25) is 14.5 Å². The summed E-state index contributed by atoms with van der Waals surface area (Å²) >= 11 is 0. The number of amides is 1. The number of hydrogen-bond acceptors (Lipinski definition) is 5. The predicted octanol–water partition coefficient (Wildman–Crippen LogP) is 2.22. The summed E-state index contributed by atoms with van der Waals surface area (Å²) in [6, 6.07) is 9.94. The highest BCUT2D eigenvalue weighted by atomic mass is 16.5. The van der Waals surface area contributed by atoms with Gasteiger partial charge in [0.25, 0.3) is 5.91 Å². The molecule has 0 saturated carbocycles. The molecule has 0 bridgehead atoms. The highest BCUT2D eigenvalue weighted by Gasteiger charge is 2.32. The molecule has 2 atom stereocenters. The Morgan fingerprint density at radius 2 is 2.08 bits per heavy atom. The maximum absolute atomic E-state index is 12.8. The lowest BCUT2D eigenvalue weighted by molar-refractivity contribution is -0.150. The van der Waals surface area contributed by atoms with Crippen LogP contribution in [0.3, 0.4) is 0 Å². The van der Waals surface area contributed by atoms with Gasteiger partial charge in [0.05, 0.1) is 25.1 Å². The summed E-state index contributed by atoms with van der Waals surface area (Å²) in [7, 11) is 0. The van der Waals surface area contributed by atoms with Gasteiger partial charge in [0, 0.05) is 19.2 Å². The molecule has 1 aromatic carbocycles. The number of benzene rings is 1. The fraction of sp³-hybridized carbons (Fsp3) is 0.526. The zero-order valence-corrected chi connectivity index (χ0v) is 14.6. The Kier molecular flexibility index (Phi) is 5.81. The van der Waals surface area contributed by atoms with Gasteiger partial charge in [-0.1, -0.05) is 30.3 Å². The first kappa shape index (κ1) is 17.6. The van der Waals surface area contributed by atoms with Crippen molar-refractivity contribution >= 4 is 18.1 Å². The number of hydrazone groups is 1. The van der Waals surface area contributed by atoms with Crippen LogP contribution in [-0.2, 0) is 14.3 Å². The smallest absolute Gasteiger partial charge is 0.310 e. The van der Waals surface area contributed by atoms with Gasteiger partial charge in [0.2, 0.25) is 0 Å². The lowest BCUT2D eigenvalue weighted by atomic mass is 9.98. The zero-order valence-electron chi connectivity index (χ0n) is 14.6. The molecule has 134 valence electrons. The fourth-order valence-corrected chi connectivity index (χ4v) is 3.52. The highest BCUT2D eigenvalue weighted by Crippen LogP contribution is 2.28. The Bertz CT molecular complexity index is 632. The molecule has 0 spiro atoms. The molecule has 6 nitrogen and oxygen atoms in total. The first-order valence-corrected chi connectivity index (χ1v) is 8.97. The molecule has 0 aromatic heterocycles. The summed E-state index contributed by atoms with van der Waals surface area (Å²) in [4.78, 5) is 26.8. The molecule has 2 heterocycles. The van der Waals surface area contributed by atoms with E-state index in [1.165, 1.54) is 0 Å². The average molecular weight is 343 g/mol. The molecule has 1 amide bonds. The predicted molar refractivity (Wildman–Crippen MR) is 94.9 cm³/mol. The van der Waals surface area contributed by atoms with E-state index in [9.17, 15) is 9.59 Å². The third kappa shape index (κ3) is 4.25. The minimum absolute atomic E-state index is 0.0212. The number of likely N-dealkylation sites (tertiary alicyclic amines) is 1. The maximum Gasteiger partial charge on any atom is 0.310 e. The molecular weight excluding hydrogens is 318 g/mol. The Hall–Kier alpha value is -2.21. The Labute approximate surface area is 148 Å². The fourth-order valence-electron chi connectivity index (χ4n) is 3.52. The molecule has 1 saturated heterocycles. The first-order chi connectivity index (χ1) is 12.2. The van der Waals surface area contributed by atoms with Gasteiger partial charge >= 0.3 is 5.97 Å². The lowest BCUT2D eigenvalue weighted by Gasteiger charge is -2.32. The Morgan fingerprint density at radius 1 is 1.28 bits per heavy atom. The van der Waals surface area contributed by atoms with Crippen molar-refractivity contribution in [2.24, 2.45) is 11.0 Å². The zero-order chi connectivity index (χ0) is 17.6. The maximum atomic E-state index is 12.8. The van der Waals surface area contributed by atoms with E-state index in [4.69, 9.17) is 4.74 Å². The lowest BCUT2D eigenvalue weighted by Crippen LogP contribution is -2.44. The van der Waals surface area contributed by atoms with E-state index < -0.39 is 0 Å². The molecule has 1 aromatic rings. The molecule has 6 heteroatoms. The van der Waals surface area contributed by atoms with Gasteiger partial charge in [-0.2, -0.15) is 5.10 Å². The number of hydrogen-bond donors (Lipinski definition) is 0. The quantitative estimate of drug-likeness (QED) is 0.769. The van der Waals surface area contributed by atoms with Crippen molar-refractivity contribution in [2.75, 3.05) is 26.2 Å². The highest BCUT2D eigenvalue weighted by molar-refractivity contribution is 5.81. The minimum Gasteiger partial charge on any atom is -0.466 e. The van der Waals surface area contributed by atoms with Crippen LogP contribution in [0.1, 0.15) is 37.8 Å². The minimum atomic E-state index is -0.152. The Balaban J connectivity index is 1.59. The van der Waals surface area contributed by atoms with E-state index >= 15 is 0 Å². The van der Waals surface area contributed by atoms with Crippen LogP contribution in [0.15, 0.2) is 35.4 Å². The molecule has 2 aliphatic heterocycles. The van der Waals surface area contributed by atoms with E-state index in [0.29, 0.717) is 13.2 Å². The number of ether oxygens (including phenoxy) is 1. The average Bonchev–Trinajstić information content (AvgIpc) is 3.13. The molecule has 0 N–H and O–H groups in total. The Morgan fingerprint density at radius 3 is 2.84 bits per heavy atom. The van der Waals surface area contributed by atoms with E-state index in [1.54, 1.807) is 11.2 Å². The van der Waals surface area contributed by atoms with Crippen molar-refractivity contribution in [2.45, 2.75) is 32.2 Å². The van der Waals surface area contributed by atoms with Crippen LogP contribution in [0.2, 0.25) is 0 Å². The summed E-state index contributed by atoms with van der Waals surface area (Å²) in [5, 5.41) is 5.87. The van der Waals surface area contributed by atoms with Gasteiger partial charge in [-0.25, -0.2) is 5.01 Å². The number of nitrogens with zero attached hydrogens (tertiary/aromatic N) is 3. The third-order valence-corrected chi connectivity index (χ3v) is 4.75. The summed E-state index contributed by atoms with van der Waals surface area (Å²) in [6.07, 6.45) is 4.27. The standard InChI is InChI=1S/C19H25N3O3/c1-2-25-19(24)16-9-6-12-21(13-16)14-18(23)22-17(10-11-20-22)15-7-4-3-5-8-15/h3-5,7-8,11,16-17H,2,6,9-10,12-14H2,1H3. The van der Waals surface area contributed by atoms with Crippen molar-refractivity contribution < 1.29 is 14.3 Å². The molecular formula is C19H25N3O3. The van der Waals surface area contributed by atoms with Crippen LogP contribution in [0.4, 0.5) is 0 Å². The SMILES string of the molecule is CCOC(=O)C1CCCN(CC(=O)N2N=CCC2c2ccccc2)C1. The van der Waals surface area contributed by atoms with Crippen LogP contribution in [0.5, 0.6) is 0 Å².